The van der Waals surface area contributed by atoms with Crippen molar-refractivity contribution in [3.05, 3.63) is 30.3 Å². The largest absolute Gasteiger partial charge is 0.466 e. The van der Waals surface area contributed by atoms with E-state index in [0.717, 1.165) is 5.69 Å². The van der Waals surface area contributed by atoms with Gasteiger partial charge in [-0.2, -0.15) is 0 Å². The van der Waals surface area contributed by atoms with Crippen LogP contribution in [-0.4, -0.2) is 18.5 Å². The molecule has 1 aromatic carbocycles. The molecule has 0 saturated heterocycles. The number of ether oxygens (including phenoxy) is 1. The molecule has 0 unspecified atom stereocenters. The third kappa shape index (κ3) is 8.55. The Bertz CT molecular complexity index is 325. The van der Waals surface area contributed by atoms with Crippen molar-refractivity contribution in [1.82, 2.24) is 0 Å². The minimum absolute atomic E-state index is 0.284. The molecule has 5 heteroatoms. The van der Waals surface area contributed by atoms with Gasteiger partial charge in [0, 0.05) is 5.69 Å². The molecule has 0 aliphatic carbocycles. The van der Waals surface area contributed by atoms with Crippen LogP contribution in [0, 0.1) is 0 Å². The number of hydrogen-bond acceptors (Lipinski definition) is 4. The third-order valence-corrected chi connectivity index (χ3v) is 1.42. The van der Waals surface area contributed by atoms with Crippen LogP contribution in [0.4, 0.5) is 5.69 Å². The third-order valence-electron chi connectivity index (χ3n) is 1.42. The summed E-state index contributed by atoms with van der Waals surface area (Å²) in [5, 5.41) is 0. The van der Waals surface area contributed by atoms with Gasteiger partial charge in [0.05, 0.1) is 6.61 Å². The van der Waals surface area contributed by atoms with Gasteiger partial charge in [-0.1, -0.05) is 18.2 Å². The zero-order valence-corrected chi connectivity index (χ0v) is 9.18. The fraction of sp³-hybridized carbons (Fsp3) is 0.273. The number of nitrogens with two attached hydrogens (primary N) is 2. The second-order valence-corrected chi connectivity index (χ2v) is 2.86. The number of benzene rings is 1. The highest BCUT2D eigenvalue weighted by atomic mass is 16.5. The van der Waals surface area contributed by atoms with Crippen molar-refractivity contribution in [2.24, 2.45) is 5.73 Å². The lowest BCUT2D eigenvalue weighted by Crippen LogP contribution is -2.17. The van der Waals surface area contributed by atoms with Gasteiger partial charge in [0.2, 0.25) is 5.91 Å². The number of rotatable bonds is 3. The van der Waals surface area contributed by atoms with Crippen molar-refractivity contribution in [2.75, 3.05) is 12.3 Å². The molecule has 0 aliphatic rings. The van der Waals surface area contributed by atoms with Crippen molar-refractivity contribution in [1.29, 1.82) is 0 Å². The SMILES string of the molecule is CCOC(=O)CC(N)=O.Nc1ccccc1. The van der Waals surface area contributed by atoms with Gasteiger partial charge in [-0.05, 0) is 19.1 Å². The van der Waals surface area contributed by atoms with E-state index >= 15 is 0 Å². The minimum Gasteiger partial charge on any atom is -0.466 e. The van der Waals surface area contributed by atoms with Crippen LogP contribution in [0.25, 0.3) is 0 Å². The molecule has 0 bridgehead atoms. The summed E-state index contributed by atoms with van der Waals surface area (Å²) in [6.45, 7) is 1.95. The van der Waals surface area contributed by atoms with E-state index in [4.69, 9.17) is 5.73 Å². The summed E-state index contributed by atoms with van der Waals surface area (Å²) in [7, 11) is 0. The maximum absolute atomic E-state index is 10.3. The molecule has 0 spiro atoms. The van der Waals surface area contributed by atoms with E-state index < -0.39 is 11.9 Å². The highest BCUT2D eigenvalue weighted by Crippen LogP contribution is 1.95. The standard InChI is InChI=1S/C6H7N.C5H9NO3/c7-6-4-2-1-3-5-6;1-2-9-5(8)3-4(6)7/h1-5H,7H2;2-3H2,1H3,(H2,6,7). The number of hydrogen-bond donors (Lipinski definition) is 2. The summed E-state index contributed by atoms with van der Waals surface area (Å²) < 4.78 is 4.41. The van der Waals surface area contributed by atoms with Crippen LogP contribution in [0.3, 0.4) is 0 Å². The van der Waals surface area contributed by atoms with Crippen LogP contribution in [0.15, 0.2) is 30.3 Å². The lowest BCUT2D eigenvalue weighted by atomic mass is 10.3. The first-order valence-corrected chi connectivity index (χ1v) is 4.80. The lowest BCUT2D eigenvalue weighted by Gasteiger charge is -1.95. The molecule has 16 heavy (non-hydrogen) atoms. The summed E-state index contributed by atoms with van der Waals surface area (Å²) in [4.78, 5) is 20.3. The van der Waals surface area contributed by atoms with Crippen molar-refractivity contribution in [3.8, 4) is 0 Å². The van der Waals surface area contributed by atoms with Gasteiger partial charge in [0.1, 0.15) is 6.42 Å². The maximum atomic E-state index is 10.3. The van der Waals surface area contributed by atoms with E-state index in [0.29, 0.717) is 0 Å². The fourth-order valence-corrected chi connectivity index (χ4v) is 0.807. The van der Waals surface area contributed by atoms with E-state index in [2.05, 4.69) is 10.5 Å². The van der Waals surface area contributed by atoms with Crippen LogP contribution in [0.5, 0.6) is 0 Å². The molecular formula is C11H16N2O3. The Labute approximate surface area is 94.4 Å². The summed E-state index contributed by atoms with van der Waals surface area (Å²) in [5.41, 5.74) is 10.9. The predicted octanol–water partition coefficient (Wildman–Crippen LogP) is 0.694. The Morgan fingerprint density at radius 2 is 1.81 bits per heavy atom. The Hall–Kier alpha value is -2.04. The van der Waals surface area contributed by atoms with E-state index in [1.807, 2.05) is 30.3 Å². The first-order chi connectivity index (χ1) is 7.56. The minimum atomic E-state index is -0.659. The number of carbonyl (C=O) groups is 2. The molecule has 0 atom stereocenters. The normalized spacial score (nSPS) is 8.56. The van der Waals surface area contributed by atoms with Gasteiger partial charge < -0.3 is 16.2 Å². The monoisotopic (exact) mass is 224 g/mol. The number of anilines is 1. The Morgan fingerprint density at radius 1 is 1.25 bits per heavy atom. The summed E-state index contributed by atoms with van der Waals surface area (Å²) >= 11 is 0. The smallest absolute Gasteiger partial charge is 0.315 e. The summed E-state index contributed by atoms with van der Waals surface area (Å²) in [6.07, 6.45) is -0.326. The molecule has 1 rings (SSSR count). The highest BCUT2D eigenvalue weighted by molar-refractivity contribution is 5.93. The van der Waals surface area contributed by atoms with Gasteiger partial charge in [-0.3, -0.25) is 9.59 Å². The highest BCUT2D eigenvalue weighted by Gasteiger charge is 2.04. The van der Waals surface area contributed by atoms with Gasteiger partial charge in [-0.15, -0.1) is 0 Å². The van der Waals surface area contributed by atoms with E-state index in [1.54, 1.807) is 6.92 Å². The molecule has 88 valence electrons. The number of esters is 1. The average Bonchev–Trinajstić information content (AvgIpc) is 2.18. The van der Waals surface area contributed by atoms with Crippen LogP contribution in [0.1, 0.15) is 13.3 Å². The number of nitrogen functional groups attached to an aromatic ring is 1. The molecule has 0 aliphatic heterocycles. The zero-order chi connectivity index (χ0) is 12.4. The molecular weight excluding hydrogens is 208 g/mol. The molecule has 0 radical (unpaired) electrons. The second-order valence-electron chi connectivity index (χ2n) is 2.86. The average molecular weight is 224 g/mol. The first-order valence-electron chi connectivity index (χ1n) is 4.80. The zero-order valence-electron chi connectivity index (χ0n) is 9.18. The molecule has 0 fully saturated rings. The first kappa shape index (κ1) is 14.0. The number of primary amides is 1. The quantitative estimate of drug-likeness (QED) is 0.448. The molecule has 0 aromatic heterocycles. The van der Waals surface area contributed by atoms with Crippen molar-refractivity contribution >= 4 is 17.6 Å². The van der Waals surface area contributed by atoms with Crippen molar-refractivity contribution in [2.45, 2.75) is 13.3 Å². The van der Waals surface area contributed by atoms with Gasteiger partial charge in [0.25, 0.3) is 0 Å². The van der Waals surface area contributed by atoms with E-state index in [1.165, 1.54) is 0 Å². The van der Waals surface area contributed by atoms with E-state index in [-0.39, 0.29) is 13.0 Å². The van der Waals surface area contributed by atoms with Crippen molar-refractivity contribution < 1.29 is 14.3 Å². The number of amides is 1. The molecule has 4 N–H and O–H groups in total. The van der Waals surface area contributed by atoms with Crippen LogP contribution < -0.4 is 11.5 Å². The summed E-state index contributed by atoms with van der Waals surface area (Å²) in [5.74, 6) is -1.22. The summed E-state index contributed by atoms with van der Waals surface area (Å²) in [6, 6.07) is 9.49. The molecule has 0 heterocycles. The Morgan fingerprint density at radius 3 is 2.12 bits per heavy atom. The lowest BCUT2D eigenvalue weighted by molar-refractivity contribution is -0.145. The van der Waals surface area contributed by atoms with Crippen LogP contribution >= 0.6 is 0 Å². The van der Waals surface area contributed by atoms with E-state index in [9.17, 15) is 9.59 Å². The number of carbonyl (C=O) groups excluding carboxylic acids is 2. The fourth-order valence-electron chi connectivity index (χ4n) is 0.807. The van der Waals surface area contributed by atoms with Gasteiger partial charge in [-0.25, -0.2) is 0 Å². The number of para-hydroxylation sites is 1. The van der Waals surface area contributed by atoms with Crippen molar-refractivity contribution in [3.63, 3.8) is 0 Å². The van der Waals surface area contributed by atoms with Crippen LogP contribution in [0.2, 0.25) is 0 Å². The Balaban J connectivity index is 0.000000288. The molecule has 0 saturated carbocycles. The topological polar surface area (TPSA) is 95.4 Å². The molecule has 5 nitrogen and oxygen atoms in total. The molecule has 1 aromatic rings. The van der Waals surface area contributed by atoms with Gasteiger partial charge >= 0.3 is 5.97 Å². The van der Waals surface area contributed by atoms with Crippen LogP contribution in [-0.2, 0) is 14.3 Å². The molecule has 1 amide bonds. The predicted molar refractivity (Wildman–Crippen MR) is 61.3 cm³/mol. The Kier molecular flexibility index (Phi) is 7.23. The maximum Gasteiger partial charge on any atom is 0.315 e. The van der Waals surface area contributed by atoms with Gasteiger partial charge in [0.15, 0.2) is 0 Å². The second kappa shape index (κ2) is 8.28.